The first-order chi connectivity index (χ1) is 12.6. The number of hydrogen-bond acceptors (Lipinski definition) is 7. The van der Waals surface area contributed by atoms with Crippen molar-refractivity contribution in [1.29, 1.82) is 0 Å². The van der Waals surface area contributed by atoms with Gasteiger partial charge in [0, 0.05) is 37.4 Å². The first kappa shape index (κ1) is 20.3. The highest BCUT2D eigenvalue weighted by Crippen LogP contribution is 2.23. The first-order valence-corrected chi connectivity index (χ1v) is 8.82. The van der Waals surface area contributed by atoms with E-state index in [0.29, 0.717) is 43.1 Å². The number of phenols is 1. The fourth-order valence-corrected chi connectivity index (χ4v) is 2.76. The number of amides is 1. The number of nitrogens with two attached hydrogens (primary N) is 3. The van der Waals surface area contributed by atoms with Gasteiger partial charge in [0.2, 0.25) is 0 Å². The van der Waals surface area contributed by atoms with Gasteiger partial charge in [-0.15, -0.1) is 0 Å². The van der Waals surface area contributed by atoms with E-state index in [1.807, 2.05) is 25.7 Å². The van der Waals surface area contributed by atoms with Crippen molar-refractivity contribution in [3.05, 3.63) is 47.4 Å². The molecule has 1 fully saturated rings. The summed E-state index contributed by atoms with van der Waals surface area (Å²) < 4.78 is 5.40. The lowest BCUT2D eigenvalue weighted by Crippen LogP contribution is -2.50. The van der Waals surface area contributed by atoms with E-state index in [-0.39, 0.29) is 17.7 Å². The van der Waals surface area contributed by atoms with Gasteiger partial charge in [0.1, 0.15) is 17.2 Å². The van der Waals surface area contributed by atoms with E-state index in [4.69, 9.17) is 21.9 Å². The minimum Gasteiger partial charge on any atom is -0.507 e. The number of para-hydroxylation sites is 1. The van der Waals surface area contributed by atoms with Crippen LogP contribution in [0.4, 0.5) is 4.79 Å². The molecule has 8 heteroatoms. The number of carbonyl (C=O) groups is 1. The molecule has 0 saturated carbocycles. The molecule has 1 amide bonds. The Morgan fingerprint density at radius 3 is 2.15 bits per heavy atom. The number of piperazine rings is 1. The summed E-state index contributed by atoms with van der Waals surface area (Å²) in [7, 11) is 0. The van der Waals surface area contributed by atoms with Crippen LogP contribution in [0.2, 0.25) is 0 Å². The maximum Gasteiger partial charge on any atom is 0.410 e. The zero-order valence-electron chi connectivity index (χ0n) is 16.1. The van der Waals surface area contributed by atoms with E-state index in [9.17, 15) is 9.90 Å². The summed E-state index contributed by atoms with van der Waals surface area (Å²) in [6.45, 7) is 7.55. The molecule has 0 radical (unpaired) electrons. The van der Waals surface area contributed by atoms with Crippen molar-refractivity contribution in [3.8, 4) is 5.75 Å². The Bertz CT molecular complexity index is 740. The summed E-state index contributed by atoms with van der Waals surface area (Å²) in [5.41, 5.74) is 18.7. The molecule has 1 aliphatic heterocycles. The third kappa shape index (κ3) is 5.47. The molecule has 0 aromatic heterocycles. The maximum absolute atomic E-state index is 12.2. The molecule has 27 heavy (non-hydrogen) atoms. The highest BCUT2D eigenvalue weighted by atomic mass is 16.6. The summed E-state index contributed by atoms with van der Waals surface area (Å²) in [4.78, 5) is 15.8. The van der Waals surface area contributed by atoms with Gasteiger partial charge < -0.3 is 36.8 Å². The van der Waals surface area contributed by atoms with E-state index in [0.717, 1.165) is 0 Å². The van der Waals surface area contributed by atoms with Gasteiger partial charge in [-0.1, -0.05) is 12.1 Å². The smallest absolute Gasteiger partial charge is 0.410 e. The minimum absolute atomic E-state index is 0.0796. The van der Waals surface area contributed by atoms with Crippen LogP contribution in [0.3, 0.4) is 0 Å². The third-order valence-corrected chi connectivity index (χ3v) is 4.08. The Labute approximate surface area is 159 Å². The maximum atomic E-state index is 12.2. The Hall–Kier alpha value is -3.03. The molecule has 1 heterocycles. The Balaban J connectivity index is 2.10. The zero-order chi connectivity index (χ0) is 20.2. The Morgan fingerprint density at radius 1 is 1.07 bits per heavy atom. The lowest BCUT2D eigenvalue weighted by atomic mass is 10.1. The Morgan fingerprint density at radius 2 is 1.63 bits per heavy atom. The van der Waals surface area contributed by atoms with Gasteiger partial charge in [0.15, 0.2) is 0 Å². The lowest BCUT2D eigenvalue weighted by molar-refractivity contribution is 0.0170. The van der Waals surface area contributed by atoms with Crippen LogP contribution in [0.15, 0.2) is 41.9 Å². The first-order valence-electron chi connectivity index (χ1n) is 8.82. The van der Waals surface area contributed by atoms with Crippen molar-refractivity contribution < 1.29 is 14.6 Å². The number of phenolic OH excluding ortho intramolecular Hbond substituents is 1. The average Bonchev–Trinajstić information content (AvgIpc) is 2.58. The molecule has 1 aromatic carbocycles. The third-order valence-electron chi connectivity index (χ3n) is 4.08. The van der Waals surface area contributed by atoms with Crippen molar-refractivity contribution in [1.82, 2.24) is 9.80 Å². The molecular formula is C19H29N5O3. The van der Waals surface area contributed by atoms with Gasteiger partial charge in [0.25, 0.3) is 0 Å². The van der Waals surface area contributed by atoms with E-state index >= 15 is 0 Å². The summed E-state index contributed by atoms with van der Waals surface area (Å²) in [5, 5.41) is 9.96. The van der Waals surface area contributed by atoms with E-state index < -0.39 is 5.60 Å². The van der Waals surface area contributed by atoms with Gasteiger partial charge in [-0.05, 0) is 39.0 Å². The molecule has 1 aliphatic rings. The summed E-state index contributed by atoms with van der Waals surface area (Å²) >= 11 is 0. The molecular weight excluding hydrogens is 346 g/mol. The normalized spacial score (nSPS) is 15.4. The zero-order valence-corrected chi connectivity index (χ0v) is 16.1. The molecule has 8 nitrogen and oxygen atoms in total. The SMILES string of the molecule is CC(C)(C)OC(=O)N1CCN(C(/C=C(\N)c2ccccc2O)=C(N)N)CC1. The van der Waals surface area contributed by atoms with Gasteiger partial charge in [-0.2, -0.15) is 0 Å². The lowest BCUT2D eigenvalue weighted by Gasteiger charge is -2.37. The van der Waals surface area contributed by atoms with Gasteiger partial charge in [-0.25, -0.2) is 4.79 Å². The van der Waals surface area contributed by atoms with Gasteiger partial charge in [-0.3, -0.25) is 0 Å². The van der Waals surface area contributed by atoms with E-state index in [2.05, 4.69) is 0 Å². The molecule has 1 aromatic rings. The number of rotatable bonds is 3. The largest absolute Gasteiger partial charge is 0.507 e. The number of ether oxygens (including phenoxy) is 1. The second-order valence-electron chi connectivity index (χ2n) is 7.41. The van der Waals surface area contributed by atoms with Crippen molar-refractivity contribution in [3.63, 3.8) is 0 Å². The van der Waals surface area contributed by atoms with Gasteiger partial charge >= 0.3 is 6.09 Å². The average molecular weight is 375 g/mol. The second kappa shape index (κ2) is 8.11. The standard InChI is InChI=1S/C19H29N5O3/c1-19(2,3)27-18(26)24-10-8-23(9-11-24)15(17(21)22)12-14(20)13-6-4-5-7-16(13)25/h4-7,12,25H,8-11,20-22H2,1-3H3/b14-12-. The fourth-order valence-electron chi connectivity index (χ4n) is 2.76. The quantitative estimate of drug-likeness (QED) is 0.586. The van der Waals surface area contributed by atoms with Crippen LogP contribution in [0.25, 0.3) is 5.70 Å². The van der Waals surface area contributed by atoms with Crippen molar-refractivity contribution in [2.45, 2.75) is 26.4 Å². The number of hydrogen-bond donors (Lipinski definition) is 4. The molecule has 0 atom stereocenters. The van der Waals surface area contributed by atoms with Crippen LogP contribution in [-0.4, -0.2) is 52.8 Å². The fraction of sp³-hybridized carbons (Fsp3) is 0.421. The van der Waals surface area contributed by atoms with E-state index in [1.165, 1.54) is 0 Å². The molecule has 7 N–H and O–H groups in total. The van der Waals surface area contributed by atoms with Crippen molar-refractivity contribution >= 4 is 11.8 Å². The number of carbonyl (C=O) groups excluding carboxylic acids is 1. The van der Waals surface area contributed by atoms with Crippen LogP contribution < -0.4 is 17.2 Å². The summed E-state index contributed by atoms with van der Waals surface area (Å²) in [5.74, 6) is 0.204. The van der Waals surface area contributed by atoms with Crippen LogP contribution in [0.5, 0.6) is 5.75 Å². The van der Waals surface area contributed by atoms with Crippen LogP contribution in [-0.2, 0) is 4.74 Å². The highest BCUT2D eigenvalue weighted by molar-refractivity contribution is 5.70. The molecule has 0 bridgehead atoms. The molecule has 0 unspecified atom stereocenters. The molecule has 148 valence electrons. The van der Waals surface area contributed by atoms with Crippen LogP contribution in [0.1, 0.15) is 26.3 Å². The number of benzene rings is 1. The number of nitrogens with zero attached hydrogens (tertiary/aromatic N) is 2. The topological polar surface area (TPSA) is 131 Å². The minimum atomic E-state index is -0.532. The summed E-state index contributed by atoms with van der Waals surface area (Å²) in [6.07, 6.45) is 1.31. The van der Waals surface area contributed by atoms with Gasteiger partial charge in [0.05, 0.1) is 5.70 Å². The molecule has 1 saturated heterocycles. The monoisotopic (exact) mass is 375 g/mol. The van der Waals surface area contributed by atoms with Crippen molar-refractivity contribution in [2.75, 3.05) is 26.2 Å². The van der Waals surface area contributed by atoms with Crippen molar-refractivity contribution in [2.24, 2.45) is 17.2 Å². The predicted octanol–water partition coefficient (Wildman–Crippen LogP) is 1.33. The van der Waals surface area contributed by atoms with E-state index in [1.54, 1.807) is 35.2 Å². The van der Waals surface area contributed by atoms with Crippen LogP contribution >= 0.6 is 0 Å². The number of aromatic hydroxyl groups is 1. The summed E-state index contributed by atoms with van der Waals surface area (Å²) in [6, 6.07) is 6.78. The highest BCUT2D eigenvalue weighted by Gasteiger charge is 2.26. The molecule has 2 rings (SSSR count). The van der Waals surface area contributed by atoms with Crippen LogP contribution in [0, 0.1) is 0 Å². The molecule has 0 aliphatic carbocycles. The number of allylic oxidation sites excluding steroid dienone is 1. The second-order valence-corrected chi connectivity index (χ2v) is 7.41. The molecule has 0 spiro atoms. The predicted molar refractivity (Wildman–Crippen MR) is 105 cm³/mol. The Kier molecular flexibility index (Phi) is 6.09.